The molecule has 0 heterocycles. The lowest BCUT2D eigenvalue weighted by Gasteiger charge is -2.34. The van der Waals surface area contributed by atoms with E-state index in [1.807, 2.05) is 86.6 Å². The van der Waals surface area contributed by atoms with Crippen molar-refractivity contribution < 1.29 is 18.0 Å². The van der Waals surface area contributed by atoms with Crippen molar-refractivity contribution in [1.29, 1.82) is 0 Å². The van der Waals surface area contributed by atoms with Gasteiger partial charge in [0.15, 0.2) is 0 Å². The van der Waals surface area contributed by atoms with Crippen LogP contribution in [0.4, 0.5) is 5.69 Å². The lowest BCUT2D eigenvalue weighted by atomic mass is 9.94. The van der Waals surface area contributed by atoms with Crippen LogP contribution >= 0.6 is 0 Å². The summed E-state index contributed by atoms with van der Waals surface area (Å²) in [6.07, 6.45) is 7.31. The highest BCUT2D eigenvalue weighted by Crippen LogP contribution is 2.22. The van der Waals surface area contributed by atoms with Crippen LogP contribution in [0, 0.1) is 13.8 Å². The number of amides is 2. The number of carbonyl (C=O) groups excluding carboxylic acids is 2. The zero-order valence-corrected chi connectivity index (χ0v) is 26.5. The molecule has 0 saturated heterocycles. The molecule has 1 atom stereocenters. The standard InChI is InChI=1S/C35H45N3O4S/c1-27-13-10-17-30(23-27)26-37(34(39)21-12-22-38(43(3,41)42)32-20-11-14-28(2)24-32)33(25-29-15-6-4-7-16-29)35(40)36-31-18-8-5-9-19-31/h4,6-7,10-11,13-17,20,23-24,31,33H,5,8-9,12,18-19,21-22,25-26H2,1-3H3,(H,36,40)/t33-/m0/s1. The van der Waals surface area contributed by atoms with Gasteiger partial charge in [0.1, 0.15) is 6.04 Å². The fraction of sp³-hybridized carbons (Fsp3) is 0.429. The average Bonchev–Trinajstić information content (AvgIpc) is 2.97. The molecule has 0 unspecified atom stereocenters. The molecule has 230 valence electrons. The van der Waals surface area contributed by atoms with Crippen LogP contribution in [0.2, 0.25) is 0 Å². The predicted molar refractivity (Wildman–Crippen MR) is 173 cm³/mol. The lowest BCUT2D eigenvalue weighted by molar-refractivity contribution is -0.141. The number of carbonyl (C=O) groups is 2. The minimum absolute atomic E-state index is 0.117. The summed E-state index contributed by atoms with van der Waals surface area (Å²) in [4.78, 5) is 29.7. The van der Waals surface area contributed by atoms with Gasteiger partial charge in [0.25, 0.3) is 0 Å². The van der Waals surface area contributed by atoms with Crippen LogP contribution in [0.1, 0.15) is 67.2 Å². The molecule has 1 saturated carbocycles. The Labute approximate surface area is 257 Å². The Kier molecular flexibility index (Phi) is 11.4. The Bertz CT molecular complexity index is 1470. The SMILES string of the molecule is Cc1cccc(CN(C(=O)CCCN(c2cccc(C)c2)S(C)(=O)=O)[C@@H](Cc2ccccc2)C(=O)NC2CCCCC2)c1. The van der Waals surface area contributed by atoms with Crippen molar-refractivity contribution in [3.05, 3.63) is 101 Å². The van der Waals surface area contributed by atoms with E-state index in [1.54, 1.807) is 11.0 Å². The first kappa shape index (κ1) is 32.3. The van der Waals surface area contributed by atoms with Gasteiger partial charge in [-0.05, 0) is 61.9 Å². The summed E-state index contributed by atoms with van der Waals surface area (Å²) in [6, 6.07) is 24.6. The number of sulfonamides is 1. The van der Waals surface area contributed by atoms with E-state index in [0.717, 1.165) is 47.9 Å². The molecule has 0 aromatic heterocycles. The van der Waals surface area contributed by atoms with E-state index in [1.165, 1.54) is 17.0 Å². The molecule has 3 aromatic rings. The first-order chi connectivity index (χ1) is 20.6. The van der Waals surface area contributed by atoms with Gasteiger partial charge in [-0.1, -0.05) is 91.6 Å². The zero-order valence-electron chi connectivity index (χ0n) is 25.7. The highest BCUT2D eigenvalue weighted by atomic mass is 32.2. The van der Waals surface area contributed by atoms with Crippen LogP contribution in [0.25, 0.3) is 0 Å². The third kappa shape index (κ3) is 9.68. The number of anilines is 1. The van der Waals surface area contributed by atoms with E-state index in [-0.39, 0.29) is 30.8 Å². The zero-order chi connectivity index (χ0) is 30.8. The minimum atomic E-state index is -3.55. The quantitative estimate of drug-likeness (QED) is 0.262. The summed E-state index contributed by atoms with van der Waals surface area (Å²) in [5.41, 5.74) is 4.56. The van der Waals surface area contributed by atoms with Crippen molar-refractivity contribution in [3.63, 3.8) is 0 Å². The van der Waals surface area contributed by atoms with Gasteiger partial charge in [0.05, 0.1) is 11.9 Å². The second kappa shape index (κ2) is 15.2. The summed E-state index contributed by atoms with van der Waals surface area (Å²) >= 11 is 0. The van der Waals surface area contributed by atoms with Gasteiger partial charge in [-0.15, -0.1) is 0 Å². The number of hydrogen-bond acceptors (Lipinski definition) is 4. The Morgan fingerprint density at radius 3 is 2.16 bits per heavy atom. The first-order valence-electron chi connectivity index (χ1n) is 15.3. The topological polar surface area (TPSA) is 86.8 Å². The van der Waals surface area contributed by atoms with Crippen LogP contribution in [0.15, 0.2) is 78.9 Å². The number of hydrogen-bond donors (Lipinski definition) is 1. The molecule has 8 heteroatoms. The molecule has 1 fully saturated rings. The normalized spacial score (nSPS) is 14.6. The van der Waals surface area contributed by atoms with Gasteiger partial charge in [0.2, 0.25) is 21.8 Å². The van der Waals surface area contributed by atoms with E-state index < -0.39 is 16.1 Å². The van der Waals surface area contributed by atoms with Crippen LogP contribution < -0.4 is 9.62 Å². The van der Waals surface area contributed by atoms with Crippen molar-refractivity contribution in [2.75, 3.05) is 17.1 Å². The lowest BCUT2D eigenvalue weighted by Crippen LogP contribution is -2.53. The third-order valence-electron chi connectivity index (χ3n) is 8.10. The van der Waals surface area contributed by atoms with Crippen molar-refractivity contribution in [1.82, 2.24) is 10.2 Å². The van der Waals surface area contributed by atoms with Crippen molar-refractivity contribution in [2.24, 2.45) is 0 Å². The maximum absolute atomic E-state index is 14.1. The molecule has 4 rings (SSSR count). The molecule has 0 radical (unpaired) electrons. The van der Waals surface area contributed by atoms with E-state index >= 15 is 0 Å². The van der Waals surface area contributed by atoms with E-state index in [2.05, 4.69) is 5.32 Å². The number of benzene rings is 3. The van der Waals surface area contributed by atoms with Gasteiger partial charge in [-0.2, -0.15) is 0 Å². The van der Waals surface area contributed by atoms with E-state index in [9.17, 15) is 18.0 Å². The molecule has 43 heavy (non-hydrogen) atoms. The maximum Gasteiger partial charge on any atom is 0.243 e. The number of nitrogens with one attached hydrogen (secondary N) is 1. The second-order valence-electron chi connectivity index (χ2n) is 11.8. The molecule has 0 spiro atoms. The fourth-order valence-corrected chi connectivity index (χ4v) is 6.85. The third-order valence-corrected chi connectivity index (χ3v) is 9.29. The fourth-order valence-electron chi connectivity index (χ4n) is 5.89. The molecule has 0 bridgehead atoms. The molecular weight excluding hydrogens is 558 g/mol. The maximum atomic E-state index is 14.1. The first-order valence-corrected chi connectivity index (χ1v) is 17.2. The largest absolute Gasteiger partial charge is 0.352 e. The molecule has 0 aliphatic heterocycles. The summed E-state index contributed by atoms with van der Waals surface area (Å²) in [7, 11) is -3.55. The number of nitrogens with zero attached hydrogens (tertiary/aromatic N) is 2. The highest BCUT2D eigenvalue weighted by Gasteiger charge is 2.32. The Morgan fingerprint density at radius 2 is 1.51 bits per heavy atom. The van der Waals surface area contributed by atoms with Gasteiger partial charge in [0, 0.05) is 32.0 Å². The van der Waals surface area contributed by atoms with Crippen LogP contribution in [0.5, 0.6) is 0 Å². The monoisotopic (exact) mass is 603 g/mol. The number of aryl methyl sites for hydroxylation is 2. The molecule has 7 nitrogen and oxygen atoms in total. The van der Waals surface area contributed by atoms with Crippen LogP contribution in [0.3, 0.4) is 0 Å². The van der Waals surface area contributed by atoms with Crippen molar-refractivity contribution >= 4 is 27.5 Å². The molecule has 3 aromatic carbocycles. The minimum Gasteiger partial charge on any atom is -0.352 e. The highest BCUT2D eigenvalue weighted by molar-refractivity contribution is 7.92. The molecular formula is C35H45N3O4S. The Morgan fingerprint density at radius 1 is 0.860 bits per heavy atom. The molecule has 2 amide bonds. The van der Waals surface area contributed by atoms with Gasteiger partial charge in [-0.25, -0.2) is 8.42 Å². The van der Waals surface area contributed by atoms with Crippen LogP contribution in [-0.2, 0) is 32.6 Å². The van der Waals surface area contributed by atoms with Crippen molar-refractivity contribution in [2.45, 2.75) is 83.8 Å². The Hall–Kier alpha value is -3.65. The van der Waals surface area contributed by atoms with E-state index in [4.69, 9.17) is 0 Å². The summed E-state index contributed by atoms with van der Waals surface area (Å²) in [5, 5.41) is 3.27. The van der Waals surface area contributed by atoms with Gasteiger partial charge >= 0.3 is 0 Å². The Balaban J connectivity index is 1.59. The molecule has 1 aliphatic rings. The van der Waals surface area contributed by atoms with Gasteiger partial charge in [-0.3, -0.25) is 13.9 Å². The van der Waals surface area contributed by atoms with Crippen molar-refractivity contribution in [3.8, 4) is 0 Å². The summed E-state index contributed by atoms with van der Waals surface area (Å²) in [5.74, 6) is -0.298. The second-order valence-corrected chi connectivity index (χ2v) is 13.7. The van der Waals surface area contributed by atoms with Gasteiger partial charge < -0.3 is 10.2 Å². The molecule has 1 N–H and O–H groups in total. The van der Waals surface area contributed by atoms with Crippen LogP contribution in [-0.4, -0.2) is 50.0 Å². The number of rotatable bonds is 13. The van der Waals surface area contributed by atoms with E-state index in [0.29, 0.717) is 25.1 Å². The summed E-state index contributed by atoms with van der Waals surface area (Å²) in [6.45, 7) is 4.40. The smallest absolute Gasteiger partial charge is 0.243 e. The average molecular weight is 604 g/mol. The summed E-state index contributed by atoms with van der Waals surface area (Å²) < 4.78 is 26.7. The molecule has 1 aliphatic carbocycles. The predicted octanol–water partition coefficient (Wildman–Crippen LogP) is 5.94.